The van der Waals surface area contributed by atoms with Crippen LogP contribution in [0.4, 0.5) is 5.69 Å². The summed E-state index contributed by atoms with van der Waals surface area (Å²) in [4.78, 5) is 28.4. The van der Waals surface area contributed by atoms with E-state index in [1.165, 1.54) is 7.11 Å². The minimum Gasteiger partial charge on any atom is -0.495 e. The Kier molecular flexibility index (Phi) is 9.31. The lowest BCUT2D eigenvalue weighted by Crippen LogP contribution is -2.46. The van der Waals surface area contributed by atoms with Crippen molar-refractivity contribution >= 4 is 23.8 Å². The maximum atomic E-state index is 12.5. The first-order valence-electron chi connectivity index (χ1n) is 12.4. The fourth-order valence-corrected chi connectivity index (χ4v) is 4.14. The first-order valence-corrected chi connectivity index (χ1v) is 12.4. The van der Waals surface area contributed by atoms with Crippen LogP contribution >= 0.6 is 0 Å². The van der Waals surface area contributed by atoms with Crippen LogP contribution in [0, 0.1) is 0 Å². The number of benzene rings is 3. The summed E-state index contributed by atoms with van der Waals surface area (Å²) in [5.74, 6) is 0.708. The standard InChI is InChI=1S/C29H32N4O5/c1-36-27-6-4-3-5-26(27)33-17-15-32(16-18-33)20-23-7-11-24(12-8-23)29(35)31-30-19-22-9-13-25(14-10-22)38-21-28(34)37-2/h3-14,19H,15-18,20-21H2,1-2H3,(H,31,35)/b30-19-. The largest absolute Gasteiger partial charge is 0.495 e. The van der Waals surface area contributed by atoms with Gasteiger partial charge in [0.1, 0.15) is 11.5 Å². The molecule has 1 amide bonds. The fraction of sp³-hybridized carbons (Fsp3) is 0.276. The van der Waals surface area contributed by atoms with Crippen molar-refractivity contribution in [3.63, 3.8) is 0 Å². The first-order chi connectivity index (χ1) is 18.6. The van der Waals surface area contributed by atoms with Crippen LogP contribution in [0.1, 0.15) is 21.5 Å². The summed E-state index contributed by atoms with van der Waals surface area (Å²) in [6.45, 7) is 4.45. The van der Waals surface area contributed by atoms with Crippen LogP contribution < -0.4 is 19.8 Å². The Bertz CT molecular complexity index is 1240. The van der Waals surface area contributed by atoms with E-state index in [0.717, 1.165) is 55.3 Å². The van der Waals surface area contributed by atoms with Crippen molar-refractivity contribution in [2.24, 2.45) is 5.10 Å². The van der Waals surface area contributed by atoms with E-state index in [1.54, 1.807) is 37.6 Å². The van der Waals surface area contributed by atoms with Gasteiger partial charge in [0.25, 0.3) is 5.91 Å². The number of carbonyl (C=O) groups excluding carboxylic acids is 2. The van der Waals surface area contributed by atoms with Crippen LogP contribution in [0.2, 0.25) is 0 Å². The Balaban J connectivity index is 1.22. The van der Waals surface area contributed by atoms with Gasteiger partial charge in [-0.25, -0.2) is 10.2 Å². The highest BCUT2D eigenvalue weighted by molar-refractivity contribution is 5.94. The molecule has 0 aromatic heterocycles. The molecule has 1 aliphatic rings. The summed E-state index contributed by atoms with van der Waals surface area (Å²) in [6.07, 6.45) is 1.54. The smallest absolute Gasteiger partial charge is 0.343 e. The number of amides is 1. The number of hydrazone groups is 1. The van der Waals surface area contributed by atoms with Crippen LogP contribution in [0.3, 0.4) is 0 Å². The maximum absolute atomic E-state index is 12.5. The van der Waals surface area contributed by atoms with Gasteiger partial charge in [-0.05, 0) is 59.7 Å². The van der Waals surface area contributed by atoms with Crippen molar-refractivity contribution in [3.8, 4) is 11.5 Å². The molecule has 1 heterocycles. The van der Waals surface area contributed by atoms with E-state index in [1.807, 2.05) is 42.5 Å². The highest BCUT2D eigenvalue weighted by atomic mass is 16.6. The van der Waals surface area contributed by atoms with Crippen molar-refractivity contribution in [1.82, 2.24) is 10.3 Å². The van der Waals surface area contributed by atoms with E-state index in [0.29, 0.717) is 11.3 Å². The predicted octanol–water partition coefficient (Wildman–Crippen LogP) is 3.33. The fourth-order valence-electron chi connectivity index (χ4n) is 4.14. The lowest BCUT2D eigenvalue weighted by molar-refractivity contribution is -0.142. The molecule has 3 aromatic carbocycles. The topological polar surface area (TPSA) is 92.7 Å². The van der Waals surface area contributed by atoms with Crippen molar-refractivity contribution in [2.45, 2.75) is 6.54 Å². The van der Waals surface area contributed by atoms with Crippen LogP contribution in [0.15, 0.2) is 77.9 Å². The molecule has 0 saturated carbocycles. The summed E-state index contributed by atoms with van der Waals surface area (Å²) in [5, 5.41) is 4.03. The Morgan fingerprint density at radius 1 is 0.921 bits per heavy atom. The number of anilines is 1. The Morgan fingerprint density at radius 3 is 2.32 bits per heavy atom. The molecule has 0 aliphatic carbocycles. The minimum atomic E-state index is -0.450. The number of rotatable bonds is 10. The zero-order valence-electron chi connectivity index (χ0n) is 21.6. The average Bonchev–Trinajstić information content (AvgIpc) is 2.97. The SMILES string of the molecule is COC(=O)COc1ccc(/C=N\NC(=O)c2ccc(CN3CCN(c4ccccc4OC)CC3)cc2)cc1. The molecule has 198 valence electrons. The lowest BCUT2D eigenvalue weighted by atomic mass is 10.1. The summed E-state index contributed by atoms with van der Waals surface area (Å²) in [7, 11) is 3.01. The molecule has 1 N–H and O–H groups in total. The monoisotopic (exact) mass is 516 g/mol. The normalized spacial score (nSPS) is 13.8. The van der Waals surface area contributed by atoms with E-state index in [-0.39, 0.29) is 12.5 Å². The molecule has 0 unspecified atom stereocenters. The van der Waals surface area contributed by atoms with Crippen LogP contribution in [-0.2, 0) is 16.1 Å². The molecule has 1 fully saturated rings. The summed E-state index contributed by atoms with van der Waals surface area (Å²) < 4.78 is 15.4. The summed E-state index contributed by atoms with van der Waals surface area (Å²) >= 11 is 0. The number of ether oxygens (including phenoxy) is 3. The number of piperazine rings is 1. The quantitative estimate of drug-likeness (QED) is 0.251. The second-order valence-corrected chi connectivity index (χ2v) is 8.76. The van der Waals surface area contributed by atoms with E-state index < -0.39 is 5.97 Å². The number of nitrogens with zero attached hydrogens (tertiary/aromatic N) is 3. The molecular formula is C29H32N4O5. The molecule has 1 aliphatic heterocycles. The molecule has 4 rings (SSSR count). The van der Waals surface area contributed by atoms with Gasteiger partial charge >= 0.3 is 5.97 Å². The predicted molar refractivity (Wildman–Crippen MR) is 146 cm³/mol. The third-order valence-corrected chi connectivity index (χ3v) is 6.26. The number of hydrogen-bond donors (Lipinski definition) is 1. The molecule has 1 saturated heterocycles. The van der Waals surface area contributed by atoms with Gasteiger partial charge in [-0.15, -0.1) is 0 Å². The molecule has 3 aromatic rings. The molecule has 0 spiro atoms. The van der Waals surface area contributed by atoms with Crippen molar-refractivity contribution < 1.29 is 23.8 Å². The highest BCUT2D eigenvalue weighted by Crippen LogP contribution is 2.28. The van der Waals surface area contributed by atoms with Gasteiger partial charge in [0.05, 0.1) is 26.1 Å². The van der Waals surface area contributed by atoms with Gasteiger partial charge in [-0.2, -0.15) is 5.10 Å². The van der Waals surface area contributed by atoms with Gasteiger partial charge in [0.15, 0.2) is 6.61 Å². The van der Waals surface area contributed by atoms with Gasteiger partial charge < -0.3 is 19.1 Å². The zero-order valence-corrected chi connectivity index (χ0v) is 21.6. The second-order valence-electron chi connectivity index (χ2n) is 8.76. The number of para-hydroxylation sites is 2. The van der Waals surface area contributed by atoms with E-state index in [4.69, 9.17) is 9.47 Å². The molecule has 0 bridgehead atoms. The van der Waals surface area contributed by atoms with Crippen molar-refractivity contribution in [2.75, 3.05) is 51.9 Å². The molecule has 0 atom stereocenters. The molecule has 9 nitrogen and oxygen atoms in total. The summed E-state index contributed by atoms with van der Waals surface area (Å²) in [5.41, 5.74) is 6.16. The highest BCUT2D eigenvalue weighted by Gasteiger charge is 2.19. The van der Waals surface area contributed by atoms with E-state index in [9.17, 15) is 9.59 Å². The number of hydrogen-bond acceptors (Lipinski definition) is 8. The minimum absolute atomic E-state index is 0.153. The van der Waals surface area contributed by atoms with Gasteiger partial charge in [-0.3, -0.25) is 9.69 Å². The van der Waals surface area contributed by atoms with Crippen LogP contribution in [0.5, 0.6) is 11.5 Å². The second kappa shape index (κ2) is 13.3. The average molecular weight is 517 g/mol. The molecule has 38 heavy (non-hydrogen) atoms. The zero-order chi connectivity index (χ0) is 26.7. The maximum Gasteiger partial charge on any atom is 0.343 e. The third-order valence-electron chi connectivity index (χ3n) is 6.26. The number of nitrogens with one attached hydrogen (secondary N) is 1. The van der Waals surface area contributed by atoms with Crippen LogP contribution in [0.25, 0.3) is 0 Å². The van der Waals surface area contributed by atoms with E-state index in [2.05, 4.69) is 31.1 Å². The van der Waals surface area contributed by atoms with E-state index >= 15 is 0 Å². The lowest BCUT2D eigenvalue weighted by Gasteiger charge is -2.36. The van der Waals surface area contributed by atoms with Crippen LogP contribution in [-0.4, -0.2) is 70.0 Å². The number of methoxy groups -OCH3 is 2. The molecule has 9 heteroatoms. The van der Waals surface area contributed by atoms with Gasteiger partial charge in [-0.1, -0.05) is 24.3 Å². The van der Waals surface area contributed by atoms with Crippen molar-refractivity contribution in [3.05, 3.63) is 89.5 Å². The Labute approximate surface area is 222 Å². The number of carbonyl (C=O) groups is 2. The van der Waals surface area contributed by atoms with Gasteiger partial charge in [0.2, 0.25) is 0 Å². The Morgan fingerprint density at radius 2 is 1.63 bits per heavy atom. The summed E-state index contributed by atoms with van der Waals surface area (Å²) in [6, 6.07) is 22.7. The van der Waals surface area contributed by atoms with Gasteiger partial charge in [0, 0.05) is 38.3 Å². The number of esters is 1. The molecule has 0 radical (unpaired) electrons. The third kappa shape index (κ3) is 7.33. The molecular weight excluding hydrogens is 484 g/mol. The van der Waals surface area contributed by atoms with Crippen molar-refractivity contribution in [1.29, 1.82) is 0 Å². The first kappa shape index (κ1) is 26.7. The Hall–Kier alpha value is -4.37.